The zero-order valence-corrected chi connectivity index (χ0v) is 9.73. The number of hydrogen-bond acceptors (Lipinski definition) is 3. The van der Waals surface area contributed by atoms with E-state index in [9.17, 15) is 9.50 Å². The predicted molar refractivity (Wildman–Crippen MR) is 63.2 cm³/mol. The van der Waals surface area contributed by atoms with Gasteiger partial charge in [-0.1, -0.05) is 12.1 Å². The molecule has 0 radical (unpaired) electrons. The number of aliphatic hydroxyl groups excluding tert-OH is 1. The summed E-state index contributed by atoms with van der Waals surface area (Å²) in [6.45, 7) is 2.00. The van der Waals surface area contributed by atoms with Crippen molar-refractivity contribution >= 4 is 0 Å². The third-order valence-corrected chi connectivity index (χ3v) is 3.05. The van der Waals surface area contributed by atoms with Crippen molar-refractivity contribution in [3.8, 4) is 0 Å². The van der Waals surface area contributed by atoms with Gasteiger partial charge in [0.15, 0.2) is 0 Å². The van der Waals surface area contributed by atoms with Crippen LogP contribution in [0.2, 0.25) is 0 Å². The Morgan fingerprint density at radius 3 is 2.88 bits per heavy atom. The topological polar surface area (TPSA) is 41.5 Å². The van der Waals surface area contributed by atoms with Crippen molar-refractivity contribution in [1.29, 1.82) is 0 Å². The summed E-state index contributed by atoms with van der Waals surface area (Å²) in [4.78, 5) is 0. The first kappa shape index (κ1) is 12.5. The molecule has 1 unspecified atom stereocenters. The van der Waals surface area contributed by atoms with E-state index in [4.69, 9.17) is 4.74 Å². The van der Waals surface area contributed by atoms with E-state index in [0.717, 1.165) is 26.1 Å². The first-order valence-corrected chi connectivity index (χ1v) is 6.00. The first-order chi connectivity index (χ1) is 8.25. The molecule has 0 spiro atoms. The largest absolute Gasteiger partial charge is 0.387 e. The third kappa shape index (κ3) is 3.77. The number of rotatable bonds is 4. The molecule has 1 atom stereocenters. The highest BCUT2D eigenvalue weighted by atomic mass is 19.1. The molecule has 0 bridgehead atoms. The summed E-state index contributed by atoms with van der Waals surface area (Å²) in [7, 11) is 0. The number of aliphatic hydroxyl groups is 1. The van der Waals surface area contributed by atoms with Crippen LogP contribution in [0.15, 0.2) is 24.3 Å². The quantitative estimate of drug-likeness (QED) is 0.839. The van der Waals surface area contributed by atoms with Gasteiger partial charge in [0.05, 0.1) is 6.10 Å². The van der Waals surface area contributed by atoms with Crippen LogP contribution in [0.5, 0.6) is 0 Å². The van der Waals surface area contributed by atoms with Crippen molar-refractivity contribution in [2.45, 2.75) is 25.0 Å². The van der Waals surface area contributed by atoms with Crippen LogP contribution in [0.1, 0.15) is 24.5 Å². The molecule has 1 fully saturated rings. The van der Waals surface area contributed by atoms with E-state index < -0.39 is 6.10 Å². The molecule has 1 aliphatic heterocycles. The van der Waals surface area contributed by atoms with Crippen LogP contribution >= 0.6 is 0 Å². The fraction of sp³-hybridized carbons (Fsp3) is 0.538. The normalized spacial score (nSPS) is 19.2. The lowest BCUT2D eigenvalue weighted by Gasteiger charge is -2.24. The highest BCUT2D eigenvalue weighted by Gasteiger charge is 2.15. The van der Waals surface area contributed by atoms with Crippen LogP contribution in [0, 0.1) is 5.82 Å². The molecule has 3 nitrogen and oxygen atoms in total. The molecule has 1 saturated heterocycles. The van der Waals surface area contributed by atoms with E-state index in [1.807, 2.05) is 0 Å². The average Bonchev–Trinajstić information content (AvgIpc) is 2.37. The Morgan fingerprint density at radius 2 is 2.18 bits per heavy atom. The molecule has 0 aromatic heterocycles. The van der Waals surface area contributed by atoms with E-state index in [1.165, 1.54) is 12.1 Å². The lowest BCUT2D eigenvalue weighted by molar-refractivity contribution is 0.0724. The van der Waals surface area contributed by atoms with Gasteiger partial charge in [0.25, 0.3) is 0 Å². The van der Waals surface area contributed by atoms with Crippen molar-refractivity contribution in [2.75, 3.05) is 19.8 Å². The minimum Gasteiger partial charge on any atom is -0.387 e. The molecule has 17 heavy (non-hydrogen) atoms. The van der Waals surface area contributed by atoms with Crippen LogP contribution < -0.4 is 5.32 Å². The van der Waals surface area contributed by atoms with Gasteiger partial charge in [0.2, 0.25) is 0 Å². The molecule has 2 N–H and O–H groups in total. The summed E-state index contributed by atoms with van der Waals surface area (Å²) in [6, 6.07) is 6.49. The van der Waals surface area contributed by atoms with Gasteiger partial charge in [-0.3, -0.25) is 0 Å². The number of halogens is 1. The van der Waals surface area contributed by atoms with Gasteiger partial charge in [-0.15, -0.1) is 0 Å². The number of ether oxygens (including phenoxy) is 1. The van der Waals surface area contributed by atoms with Crippen LogP contribution in [-0.4, -0.2) is 30.9 Å². The summed E-state index contributed by atoms with van der Waals surface area (Å²) in [5.74, 6) is -0.312. The molecular weight excluding hydrogens is 221 g/mol. The molecule has 2 rings (SSSR count). The Hall–Kier alpha value is -0.970. The summed E-state index contributed by atoms with van der Waals surface area (Å²) < 4.78 is 18.2. The second kappa shape index (κ2) is 6.10. The van der Waals surface area contributed by atoms with E-state index in [0.29, 0.717) is 18.2 Å². The van der Waals surface area contributed by atoms with Crippen LogP contribution in [0.3, 0.4) is 0 Å². The fourth-order valence-corrected chi connectivity index (χ4v) is 2.01. The molecule has 0 amide bonds. The van der Waals surface area contributed by atoms with Crippen molar-refractivity contribution in [3.63, 3.8) is 0 Å². The Balaban J connectivity index is 1.82. The molecule has 0 saturated carbocycles. The molecule has 4 heteroatoms. The molecule has 1 aromatic rings. The summed E-state index contributed by atoms with van der Waals surface area (Å²) >= 11 is 0. The van der Waals surface area contributed by atoms with Crippen LogP contribution in [-0.2, 0) is 4.74 Å². The molecule has 1 heterocycles. The van der Waals surface area contributed by atoms with Gasteiger partial charge in [-0.2, -0.15) is 0 Å². The van der Waals surface area contributed by atoms with Gasteiger partial charge >= 0.3 is 0 Å². The SMILES string of the molecule is OC(CNC1CCOCC1)c1cccc(F)c1. The molecule has 1 aromatic carbocycles. The second-order valence-corrected chi connectivity index (χ2v) is 4.37. The Bertz CT molecular complexity index is 353. The van der Waals surface area contributed by atoms with E-state index in [1.54, 1.807) is 12.1 Å². The van der Waals surface area contributed by atoms with E-state index >= 15 is 0 Å². The zero-order valence-electron chi connectivity index (χ0n) is 9.73. The Labute approximate surface area is 101 Å². The molecule has 0 aliphatic carbocycles. The third-order valence-electron chi connectivity index (χ3n) is 3.05. The first-order valence-electron chi connectivity index (χ1n) is 6.00. The van der Waals surface area contributed by atoms with Gasteiger partial charge in [0, 0.05) is 25.8 Å². The predicted octanol–water partition coefficient (Wildman–Crippen LogP) is 1.63. The number of hydrogen-bond donors (Lipinski definition) is 2. The minimum absolute atomic E-state index is 0.312. The maximum Gasteiger partial charge on any atom is 0.123 e. The second-order valence-electron chi connectivity index (χ2n) is 4.37. The highest BCUT2D eigenvalue weighted by Crippen LogP contribution is 2.14. The van der Waals surface area contributed by atoms with Crippen molar-refractivity contribution in [3.05, 3.63) is 35.6 Å². The lowest BCUT2D eigenvalue weighted by Crippen LogP contribution is -2.37. The van der Waals surface area contributed by atoms with Gasteiger partial charge in [0.1, 0.15) is 5.82 Å². The molecule has 94 valence electrons. The summed E-state index contributed by atoms with van der Waals surface area (Å²) in [6.07, 6.45) is 1.28. The van der Waals surface area contributed by atoms with Gasteiger partial charge < -0.3 is 15.2 Å². The number of nitrogens with one attached hydrogen (secondary N) is 1. The lowest BCUT2D eigenvalue weighted by atomic mass is 10.1. The monoisotopic (exact) mass is 239 g/mol. The zero-order chi connectivity index (χ0) is 12.1. The van der Waals surface area contributed by atoms with Crippen LogP contribution in [0.25, 0.3) is 0 Å². The van der Waals surface area contributed by atoms with Crippen molar-refractivity contribution in [2.24, 2.45) is 0 Å². The summed E-state index contributed by atoms with van der Waals surface area (Å²) in [5, 5.41) is 13.2. The van der Waals surface area contributed by atoms with Crippen molar-refractivity contribution < 1.29 is 14.2 Å². The molecule has 1 aliphatic rings. The van der Waals surface area contributed by atoms with Gasteiger partial charge in [-0.05, 0) is 30.5 Å². The smallest absolute Gasteiger partial charge is 0.123 e. The Morgan fingerprint density at radius 1 is 1.41 bits per heavy atom. The van der Waals surface area contributed by atoms with Gasteiger partial charge in [-0.25, -0.2) is 4.39 Å². The van der Waals surface area contributed by atoms with Crippen molar-refractivity contribution in [1.82, 2.24) is 5.32 Å². The van der Waals surface area contributed by atoms with Crippen LogP contribution in [0.4, 0.5) is 4.39 Å². The summed E-state index contributed by atoms with van der Waals surface area (Å²) in [5.41, 5.74) is 0.615. The Kier molecular flexibility index (Phi) is 4.48. The fourth-order valence-electron chi connectivity index (χ4n) is 2.01. The molecular formula is C13H18FNO2. The maximum atomic E-state index is 13.0. The minimum atomic E-state index is -0.659. The highest BCUT2D eigenvalue weighted by molar-refractivity contribution is 5.18. The maximum absolute atomic E-state index is 13.0. The van der Waals surface area contributed by atoms with E-state index in [-0.39, 0.29) is 5.82 Å². The number of benzene rings is 1. The average molecular weight is 239 g/mol. The van der Waals surface area contributed by atoms with E-state index in [2.05, 4.69) is 5.32 Å². The standard InChI is InChI=1S/C13H18FNO2/c14-11-3-1-2-10(8-11)13(16)9-15-12-4-6-17-7-5-12/h1-3,8,12-13,15-16H,4-7,9H2.